The number of nitrogens with one attached hydrogen (secondary N) is 2. The molecule has 12 heteroatoms. The average Bonchev–Trinajstić information content (AvgIpc) is 3.23. The molecule has 0 bridgehead atoms. The first kappa shape index (κ1) is 30.6. The van der Waals surface area contributed by atoms with Crippen molar-refractivity contribution in [2.45, 2.75) is 49.5 Å². The number of piperidine rings is 1. The highest BCUT2D eigenvalue weighted by Crippen LogP contribution is 2.31. The van der Waals surface area contributed by atoms with Gasteiger partial charge in [-0.05, 0) is 56.0 Å². The monoisotopic (exact) mass is 592 g/mol. The number of halogens is 3. The lowest BCUT2D eigenvalue weighted by atomic mass is 10.0. The van der Waals surface area contributed by atoms with E-state index in [-0.39, 0.29) is 29.3 Å². The molecule has 1 fully saturated rings. The quantitative estimate of drug-likeness (QED) is 0.318. The third-order valence-corrected chi connectivity index (χ3v) is 8.05. The second-order valence-corrected chi connectivity index (χ2v) is 12.3. The number of sulfone groups is 1. The van der Waals surface area contributed by atoms with Crippen LogP contribution < -0.4 is 15.4 Å². The van der Waals surface area contributed by atoms with Gasteiger partial charge in [0, 0.05) is 49.1 Å². The molecule has 3 N–H and O–H groups in total. The van der Waals surface area contributed by atoms with Gasteiger partial charge in [0.15, 0.2) is 9.84 Å². The van der Waals surface area contributed by atoms with Crippen LogP contribution >= 0.6 is 0 Å². The summed E-state index contributed by atoms with van der Waals surface area (Å²) in [5.41, 5.74) is 1.94. The van der Waals surface area contributed by atoms with Gasteiger partial charge in [0.1, 0.15) is 12.3 Å². The van der Waals surface area contributed by atoms with Crippen molar-refractivity contribution in [3.8, 4) is 17.6 Å². The van der Waals surface area contributed by atoms with Gasteiger partial charge in [-0.1, -0.05) is 12.0 Å². The Bertz CT molecular complexity index is 1530. The first-order valence-electron chi connectivity index (χ1n) is 13.3. The summed E-state index contributed by atoms with van der Waals surface area (Å²) >= 11 is 0. The minimum Gasteiger partial charge on any atom is -0.495 e. The molecule has 0 amide bonds. The highest BCUT2D eigenvalue weighted by molar-refractivity contribution is 7.90. The Morgan fingerprint density at radius 1 is 1.15 bits per heavy atom. The van der Waals surface area contributed by atoms with Gasteiger partial charge in [-0.2, -0.15) is 13.2 Å². The lowest BCUT2D eigenvalue weighted by Gasteiger charge is -2.33. The number of hydrogen-bond acceptors (Lipinski definition) is 7. The summed E-state index contributed by atoms with van der Waals surface area (Å²) in [7, 11) is -2.00. The average molecular weight is 593 g/mol. The molecule has 0 aliphatic carbocycles. The molecule has 8 nitrogen and oxygen atoms in total. The summed E-state index contributed by atoms with van der Waals surface area (Å²) in [6, 6.07) is 11.5. The van der Waals surface area contributed by atoms with Gasteiger partial charge >= 0.3 is 6.18 Å². The van der Waals surface area contributed by atoms with E-state index in [1.807, 2.05) is 6.07 Å². The Morgan fingerprint density at radius 3 is 2.51 bits per heavy atom. The Balaban J connectivity index is 1.55. The Morgan fingerprint density at radius 2 is 1.88 bits per heavy atom. The molecule has 2 aromatic carbocycles. The van der Waals surface area contributed by atoms with Gasteiger partial charge in [-0.25, -0.2) is 8.42 Å². The van der Waals surface area contributed by atoms with Crippen molar-refractivity contribution in [1.29, 1.82) is 0 Å². The molecular weight excluding hydrogens is 557 g/mol. The van der Waals surface area contributed by atoms with Gasteiger partial charge in [0.25, 0.3) is 0 Å². The number of methoxy groups -OCH3 is 1. The lowest BCUT2D eigenvalue weighted by Crippen LogP contribution is -2.41. The van der Waals surface area contributed by atoms with Crippen LogP contribution in [0.3, 0.4) is 0 Å². The number of β-amino-alcohol motifs (C(OH)–C–C–N with tert-alkyl or cyclic N) is 1. The first-order valence-corrected chi connectivity index (χ1v) is 15.2. The van der Waals surface area contributed by atoms with E-state index in [2.05, 4.69) is 27.4 Å². The number of fused-ring (bicyclic) bond motifs is 1. The van der Waals surface area contributed by atoms with Gasteiger partial charge in [0.2, 0.25) is 0 Å². The number of aliphatic hydroxyl groups excluding tert-OH is 1. The molecule has 3 aromatic rings. The van der Waals surface area contributed by atoms with E-state index in [9.17, 15) is 26.7 Å². The fourth-order valence-electron chi connectivity index (χ4n) is 5.04. The molecule has 0 spiro atoms. The van der Waals surface area contributed by atoms with Crippen LogP contribution in [0.25, 0.3) is 10.9 Å². The van der Waals surface area contributed by atoms with Crippen molar-refractivity contribution in [1.82, 2.24) is 9.47 Å². The molecule has 0 radical (unpaired) electrons. The van der Waals surface area contributed by atoms with E-state index in [0.717, 1.165) is 37.9 Å². The standard InChI is InChI=1S/C29H35F3N4O4S/c1-20(37)18-35-14-11-21(12-15-35)34-25-7-4-8-27-24(25)16-22(36(27)19-29(30,31)32)6-5-13-33-26-10-9-23(41(3,38)39)17-28(26)40-2/h4,7-10,16-17,20-21,33-34,37H,11-15,18-19H2,1-3H3. The molecule has 1 aromatic heterocycles. The number of nitrogens with zero attached hydrogens (tertiary/aromatic N) is 2. The number of ether oxygens (including phenoxy) is 1. The molecule has 222 valence electrons. The molecule has 4 rings (SSSR count). The Labute approximate surface area is 238 Å². The minimum absolute atomic E-state index is 0.0955. The summed E-state index contributed by atoms with van der Waals surface area (Å²) in [4.78, 5) is 2.32. The predicted molar refractivity (Wildman–Crippen MR) is 154 cm³/mol. The zero-order chi connectivity index (χ0) is 29.8. The fourth-order valence-corrected chi connectivity index (χ4v) is 5.68. The number of likely N-dealkylation sites (tertiary alicyclic amines) is 1. The Hall–Kier alpha value is -3.40. The molecular formula is C29H35F3N4O4S. The molecule has 0 saturated carbocycles. The van der Waals surface area contributed by atoms with Crippen LogP contribution in [-0.4, -0.2) is 80.9 Å². The Kier molecular flexibility index (Phi) is 9.41. The number of benzene rings is 2. The molecule has 1 saturated heterocycles. The van der Waals surface area contributed by atoms with Gasteiger partial charge in [0.05, 0.1) is 41.6 Å². The SMILES string of the molecule is COc1cc(S(C)(=O)=O)ccc1NCC#Cc1cc2c(NC3CCN(CC(C)O)CC3)cccc2n1CC(F)(F)F. The normalized spacial score (nSPS) is 15.8. The van der Waals surface area contributed by atoms with Crippen molar-refractivity contribution in [3.05, 3.63) is 48.2 Å². The number of hydrogen-bond donors (Lipinski definition) is 3. The molecule has 1 atom stereocenters. The summed E-state index contributed by atoms with van der Waals surface area (Å²) < 4.78 is 70.8. The number of alkyl halides is 3. The summed E-state index contributed by atoms with van der Waals surface area (Å²) in [5, 5.41) is 16.9. The molecule has 1 aliphatic heterocycles. The van der Waals surface area contributed by atoms with Crippen LogP contribution in [-0.2, 0) is 16.4 Å². The fraction of sp³-hybridized carbons (Fsp3) is 0.448. The first-order chi connectivity index (χ1) is 19.3. The smallest absolute Gasteiger partial charge is 0.406 e. The summed E-state index contributed by atoms with van der Waals surface area (Å²) in [5.74, 6) is 6.08. The van der Waals surface area contributed by atoms with Gasteiger partial charge in [-0.15, -0.1) is 0 Å². The predicted octanol–water partition coefficient (Wildman–Crippen LogP) is 4.34. The van der Waals surface area contributed by atoms with Gasteiger partial charge in [-0.3, -0.25) is 0 Å². The summed E-state index contributed by atoms with van der Waals surface area (Å²) in [6.07, 6.45) is -2.00. The number of anilines is 2. The topological polar surface area (TPSA) is 95.8 Å². The van der Waals surface area contributed by atoms with Crippen molar-refractivity contribution < 1.29 is 31.4 Å². The third kappa shape index (κ3) is 8.09. The molecule has 1 unspecified atom stereocenters. The van der Waals surface area contributed by atoms with Crippen LogP contribution in [0.15, 0.2) is 47.4 Å². The number of aliphatic hydroxyl groups is 1. The van der Waals surface area contributed by atoms with E-state index in [1.165, 1.54) is 23.8 Å². The molecule has 2 heterocycles. The van der Waals surface area contributed by atoms with Crippen LogP contribution in [0.1, 0.15) is 25.5 Å². The molecule has 41 heavy (non-hydrogen) atoms. The van der Waals surface area contributed by atoms with E-state index >= 15 is 0 Å². The van der Waals surface area contributed by atoms with Crippen LogP contribution in [0.4, 0.5) is 24.5 Å². The highest BCUT2D eigenvalue weighted by Gasteiger charge is 2.30. The van der Waals surface area contributed by atoms with Gasteiger partial charge < -0.3 is 29.9 Å². The maximum Gasteiger partial charge on any atom is 0.406 e. The number of aromatic nitrogens is 1. The van der Waals surface area contributed by atoms with E-state index in [1.54, 1.807) is 31.2 Å². The maximum atomic E-state index is 13.6. The van der Waals surface area contributed by atoms with Crippen molar-refractivity contribution in [2.24, 2.45) is 0 Å². The third-order valence-electron chi connectivity index (χ3n) is 6.94. The van der Waals surface area contributed by atoms with E-state index in [0.29, 0.717) is 28.9 Å². The maximum absolute atomic E-state index is 13.6. The summed E-state index contributed by atoms with van der Waals surface area (Å²) in [6.45, 7) is 2.98. The van der Waals surface area contributed by atoms with Crippen LogP contribution in [0.5, 0.6) is 5.75 Å². The molecule has 1 aliphatic rings. The van der Waals surface area contributed by atoms with Crippen molar-refractivity contribution in [2.75, 3.05) is 50.2 Å². The van der Waals surface area contributed by atoms with Crippen molar-refractivity contribution >= 4 is 32.1 Å². The number of rotatable bonds is 9. The zero-order valence-corrected chi connectivity index (χ0v) is 24.1. The second-order valence-electron chi connectivity index (χ2n) is 10.3. The van der Waals surface area contributed by atoms with Crippen molar-refractivity contribution in [3.63, 3.8) is 0 Å². The largest absolute Gasteiger partial charge is 0.495 e. The van der Waals surface area contributed by atoms with E-state index in [4.69, 9.17) is 4.74 Å². The highest BCUT2D eigenvalue weighted by atomic mass is 32.2. The van der Waals surface area contributed by atoms with Crippen LogP contribution in [0.2, 0.25) is 0 Å². The lowest BCUT2D eigenvalue weighted by molar-refractivity contribution is -0.140. The van der Waals surface area contributed by atoms with Crippen LogP contribution in [0, 0.1) is 11.8 Å². The van der Waals surface area contributed by atoms with E-state index < -0.39 is 22.6 Å². The zero-order valence-electron chi connectivity index (χ0n) is 23.3. The second kappa shape index (κ2) is 12.6. The minimum atomic E-state index is -4.44.